The van der Waals surface area contributed by atoms with Crippen LogP contribution in [0.4, 0.5) is 20.3 Å². The summed E-state index contributed by atoms with van der Waals surface area (Å²) in [6, 6.07) is 5.47. The Bertz CT molecular complexity index is 1240. The summed E-state index contributed by atoms with van der Waals surface area (Å²) in [4.78, 5) is 24.6. The van der Waals surface area contributed by atoms with E-state index in [1.54, 1.807) is 16.9 Å². The van der Waals surface area contributed by atoms with Crippen molar-refractivity contribution in [1.29, 1.82) is 0 Å². The molecule has 3 aromatic rings. The number of rotatable bonds is 5. The van der Waals surface area contributed by atoms with Gasteiger partial charge in [0.25, 0.3) is 12.3 Å². The number of alkyl halides is 2. The molecular formula is C26H32F2N6O2. The van der Waals surface area contributed by atoms with Gasteiger partial charge in [-0.2, -0.15) is 5.10 Å². The number of morpholine rings is 1. The van der Waals surface area contributed by atoms with E-state index in [4.69, 9.17) is 9.72 Å². The van der Waals surface area contributed by atoms with E-state index in [9.17, 15) is 13.6 Å². The Morgan fingerprint density at radius 1 is 1.14 bits per heavy atom. The average Bonchev–Trinajstić information content (AvgIpc) is 3.29. The molecule has 1 amide bonds. The number of halogens is 2. The average molecular weight is 499 g/mol. The van der Waals surface area contributed by atoms with Gasteiger partial charge in [0.1, 0.15) is 11.3 Å². The summed E-state index contributed by atoms with van der Waals surface area (Å²) in [7, 11) is 0. The molecule has 2 fully saturated rings. The van der Waals surface area contributed by atoms with Crippen LogP contribution in [0.1, 0.15) is 75.0 Å². The molecule has 2 aliphatic rings. The van der Waals surface area contributed by atoms with Crippen molar-refractivity contribution in [2.24, 2.45) is 5.92 Å². The summed E-state index contributed by atoms with van der Waals surface area (Å²) < 4.78 is 35.0. The van der Waals surface area contributed by atoms with E-state index < -0.39 is 18.0 Å². The first-order valence-electron chi connectivity index (χ1n) is 12.6. The Balaban J connectivity index is 1.44. The number of pyridine rings is 2. The lowest BCUT2D eigenvalue weighted by molar-refractivity contribution is 0.0340. The van der Waals surface area contributed by atoms with E-state index in [1.165, 1.54) is 6.20 Å². The van der Waals surface area contributed by atoms with Crippen LogP contribution in [-0.2, 0) is 4.74 Å². The number of anilines is 2. The first-order valence-corrected chi connectivity index (χ1v) is 12.6. The third kappa shape index (κ3) is 4.91. The minimum Gasteiger partial charge on any atom is -0.375 e. The summed E-state index contributed by atoms with van der Waals surface area (Å²) in [5, 5.41) is 6.84. The molecule has 4 heterocycles. The monoisotopic (exact) mass is 498 g/mol. The predicted molar refractivity (Wildman–Crippen MR) is 134 cm³/mol. The molecule has 8 nitrogen and oxygen atoms in total. The van der Waals surface area contributed by atoms with Crippen molar-refractivity contribution >= 4 is 28.4 Å². The Morgan fingerprint density at radius 3 is 2.67 bits per heavy atom. The van der Waals surface area contributed by atoms with Crippen LogP contribution in [0.2, 0.25) is 0 Å². The normalized spacial score (nSPS) is 24.9. The van der Waals surface area contributed by atoms with E-state index in [0.29, 0.717) is 30.1 Å². The molecule has 2 atom stereocenters. The number of aromatic nitrogens is 4. The molecule has 0 spiro atoms. The fraction of sp³-hybridized carbons (Fsp3) is 0.538. The zero-order valence-electron chi connectivity index (χ0n) is 20.8. The molecular weight excluding hydrogens is 466 g/mol. The molecule has 1 aliphatic carbocycles. The lowest BCUT2D eigenvalue weighted by atomic mass is 9.87. The van der Waals surface area contributed by atoms with Crippen molar-refractivity contribution in [3.8, 4) is 0 Å². The zero-order chi connectivity index (χ0) is 25.4. The number of hydrogen-bond acceptors (Lipinski definition) is 6. The van der Waals surface area contributed by atoms with Crippen molar-refractivity contribution < 1.29 is 18.3 Å². The number of ether oxygens (including phenoxy) is 1. The Kier molecular flexibility index (Phi) is 6.87. The fourth-order valence-corrected chi connectivity index (χ4v) is 5.13. The summed E-state index contributed by atoms with van der Waals surface area (Å²) in [6.45, 7) is 7.54. The Morgan fingerprint density at radius 2 is 1.92 bits per heavy atom. The van der Waals surface area contributed by atoms with Gasteiger partial charge < -0.3 is 15.0 Å². The molecule has 0 bridgehead atoms. The minimum atomic E-state index is -2.80. The highest BCUT2D eigenvalue weighted by Crippen LogP contribution is 2.35. The van der Waals surface area contributed by atoms with Crippen LogP contribution in [0.5, 0.6) is 0 Å². The quantitative estimate of drug-likeness (QED) is 0.508. The van der Waals surface area contributed by atoms with Crippen molar-refractivity contribution in [2.75, 3.05) is 23.4 Å². The molecule has 3 aromatic heterocycles. The first-order chi connectivity index (χ1) is 17.3. The molecule has 1 saturated carbocycles. The first kappa shape index (κ1) is 24.5. The highest BCUT2D eigenvalue weighted by molar-refractivity contribution is 6.11. The smallest absolute Gasteiger partial charge is 0.284 e. The van der Waals surface area contributed by atoms with E-state index >= 15 is 0 Å². The number of amides is 1. The fourth-order valence-electron chi connectivity index (χ4n) is 5.13. The van der Waals surface area contributed by atoms with Gasteiger partial charge in [0.15, 0.2) is 5.69 Å². The van der Waals surface area contributed by atoms with Crippen molar-refractivity contribution in [3.63, 3.8) is 0 Å². The topological polar surface area (TPSA) is 85.2 Å². The second kappa shape index (κ2) is 10.1. The molecule has 5 rings (SSSR count). The highest BCUT2D eigenvalue weighted by Gasteiger charge is 2.27. The number of hydrogen-bond donors (Lipinski definition) is 1. The number of fused-ring (bicyclic) bond motifs is 1. The van der Waals surface area contributed by atoms with E-state index in [1.807, 2.05) is 19.1 Å². The molecule has 192 valence electrons. The molecule has 0 aromatic carbocycles. The molecule has 0 radical (unpaired) electrons. The number of carbonyl (C=O) groups excluding carboxylic acids is 1. The van der Waals surface area contributed by atoms with Crippen LogP contribution in [0.15, 0.2) is 30.6 Å². The summed E-state index contributed by atoms with van der Waals surface area (Å²) in [5.41, 5.74) is 0.873. The van der Waals surface area contributed by atoms with Gasteiger partial charge in [-0.1, -0.05) is 6.92 Å². The molecule has 1 aliphatic heterocycles. The SMILES string of the molecule is C[C@@H]1CN(c2ccc3nccc(C(=O)Nc4cn([C@H]5CC[C@H](C)CC5)nc4C(F)F)c3n2)[C@H](C)CO1. The third-order valence-electron chi connectivity index (χ3n) is 7.29. The molecule has 10 heteroatoms. The molecule has 1 N–H and O–H groups in total. The maximum atomic E-state index is 13.8. The van der Waals surface area contributed by atoms with Crippen molar-refractivity contribution in [1.82, 2.24) is 19.7 Å². The number of nitrogens with zero attached hydrogens (tertiary/aromatic N) is 5. The Labute approximate surface area is 209 Å². The van der Waals surface area contributed by atoms with Gasteiger partial charge in [-0.25, -0.2) is 13.8 Å². The predicted octanol–water partition coefficient (Wildman–Crippen LogP) is 5.38. The van der Waals surface area contributed by atoms with Gasteiger partial charge in [-0.3, -0.25) is 14.5 Å². The zero-order valence-corrected chi connectivity index (χ0v) is 20.8. The second-order valence-corrected chi connectivity index (χ2v) is 10.1. The lowest BCUT2D eigenvalue weighted by Gasteiger charge is -2.37. The Hall–Kier alpha value is -3.14. The van der Waals surface area contributed by atoms with Crippen LogP contribution < -0.4 is 10.2 Å². The molecule has 1 saturated heterocycles. The van der Waals surface area contributed by atoms with Crippen LogP contribution >= 0.6 is 0 Å². The van der Waals surface area contributed by atoms with E-state index in [-0.39, 0.29) is 29.4 Å². The van der Waals surface area contributed by atoms with E-state index in [0.717, 1.165) is 31.5 Å². The maximum Gasteiger partial charge on any atom is 0.284 e. The van der Waals surface area contributed by atoms with Gasteiger partial charge in [-0.15, -0.1) is 0 Å². The maximum absolute atomic E-state index is 13.8. The van der Waals surface area contributed by atoms with Crippen molar-refractivity contribution in [3.05, 3.63) is 41.9 Å². The second-order valence-electron chi connectivity index (χ2n) is 10.1. The van der Waals surface area contributed by atoms with Gasteiger partial charge in [0.05, 0.1) is 41.6 Å². The number of carbonyl (C=O) groups is 1. The van der Waals surface area contributed by atoms with Gasteiger partial charge in [0, 0.05) is 18.9 Å². The third-order valence-corrected chi connectivity index (χ3v) is 7.29. The largest absolute Gasteiger partial charge is 0.375 e. The van der Waals surface area contributed by atoms with E-state index in [2.05, 4.69) is 34.1 Å². The van der Waals surface area contributed by atoms with Crippen molar-refractivity contribution in [2.45, 2.75) is 71.1 Å². The molecule has 0 unspecified atom stereocenters. The summed E-state index contributed by atoms with van der Waals surface area (Å²) in [6.07, 6.45) is 4.18. The minimum absolute atomic E-state index is 0.0327. The van der Waals surface area contributed by atoms with Crippen LogP contribution in [0.3, 0.4) is 0 Å². The summed E-state index contributed by atoms with van der Waals surface area (Å²) in [5.74, 6) is 0.834. The number of nitrogens with one attached hydrogen (secondary N) is 1. The van der Waals surface area contributed by atoms with Crippen LogP contribution in [0.25, 0.3) is 11.0 Å². The summed E-state index contributed by atoms with van der Waals surface area (Å²) >= 11 is 0. The highest BCUT2D eigenvalue weighted by atomic mass is 19.3. The van der Waals surface area contributed by atoms with Gasteiger partial charge in [-0.05, 0) is 63.6 Å². The van der Waals surface area contributed by atoms with Crippen LogP contribution in [0, 0.1) is 5.92 Å². The van der Waals surface area contributed by atoms with Crippen LogP contribution in [-0.4, -0.2) is 51.0 Å². The van der Waals surface area contributed by atoms with Gasteiger partial charge in [0.2, 0.25) is 0 Å². The standard InChI is InChI=1S/C26H32F2N6O2/c1-15-4-6-18(7-5-15)34-13-21(24(32-34)25(27)28)30-26(35)19-10-11-29-20-8-9-22(31-23(19)20)33-12-17(3)36-14-16(33)2/h8-11,13,15-18,25H,4-7,12,14H2,1-3H3,(H,30,35)/t15-,16-,17-,18-/m1/s1. The molecule has 36 heavy (non-hydrogen) atoms. The van der Waals surface area contributed by atoms with Gasteiger partial charge >= 0.3 is 0 Å². The lowest BCUT2D eigenvalue weighted by Crippen LogP contribution is -2.47.